The molecule has 0 unspecified atom stereocenters. The predicted molar refractivity (Wildman–Crippen MR) is 74.6 cm³/mol. The van der Waals surface area contributed by atoms with Crippen molar-refractivity contribution >= 4 is 11.6 Å². The van der Waals surface area contributed by atoms with Crippen molar-refractivity contribution in [3.63, 3.8) is 0 Å². The SMILES string of the molecule is O=C(CCN1CCCCCC1)Nc1cccc(F)c1.[Cl-]. The van der Waals surface area contributed by atoms with Gasteiger partial charge in [0.15, 0.2) is 0 Å². The first-order valence-electron chi connectivity index (χ1n) is 7.02. The molecule has 1 heterocycles. The fraction of sp³-hybridized carbons (Fsp3) is 0.533. The van der Waals surface area contributed by atoms with Gasteiger partial charge in [0.25, 0.3) is 0 Å². The molecule has 1 aromatic rings. The summed E-state index contributed by atoms with van der Waals surface area (Å²) in [6, 6.07) is 6.00. The molecule has 2 rings (SSSR count). The topological polar surface area (TPSA) is 32.3 Å². The molecule has 1 aliphatic rings. The van der Waals surface area contributed by atoms with E-state index < -0.39 is 0 Å². The maximum atomic E-state index is 13.0. The van der Waals surface area contributed by atoms with Gasteiger partial charge in [0, 0.05) is 18.7 Å². The Bertz CT molecular complexity index is 420. The lowest BCUT2D eigenvalue weighted by atomic mass is 10.2. The van der Waals surface area contributed by atoms with E-state index in [0.717, 1.165) is 19.6 Å². The second-order valence-electron chi connectivity index (χ2n) is 5.06. The number of halogens is 2. The van der Waals surface area contributed by atoms with Gasteiger partial charge in [-0.2, -0.15) is 0 Å². The van der Waals surface area contributed by atoms with Gasteiger partial charge in [-0.05, 0) is 44.1 Å². The van der Waals surface area contributed by atoms with Crippen LogP contribution in [0.2, 0.25) is 0 Å². The molecular weight excluding hydrogens is 279 g/mol. The van der Waals surface area contributed by atoms with E-state index in [4.69, 9.17) is 0 Å². The van der Waals surface area contributed by atoms with E-state index in [1.54, 1.807) is 12.1 Å². The Labute approximate surface area is 125 Å². The molecule has 0 saturated carbocycles. The van der Waals surface area contributed by atoms with Crippen LogP contribution in [-0.4, -0.2) is 30.4 Å². The Morgan fingerprint density at radius 3 is 2.55 bits per heavy atom. The Morgan fingerprint density at radius 1 is 1.20 bits per heavy atom. The van der Waals surface area contributed by atoms with E-state index in [1.807, 2.05) is 0 Å². The normalized spacial score (nSPS) is 16.1. The molecule has 3 nitrogen and oxygen atoms in total. The molecule has 1 amide bonds. The lowest BCUT2D eigenvalue weighted by Crippen LogP contribution is -3.00. The van der Waals surface area contributed by atoms with Crippen LogP contribution in [0.3, 0.4) is 0 Å². The highest BCUT2D eigenvalue weighted by Gasteiger charge is 2.11. The minimum absolute atomic E-state index is 0. The van der Waals surface area contributed by atoms with Crippen molar-refractivity contribution in [2.24, 2.45) is 0 Å². The average molecular weight is 300 g/mol. The molecule has 112 valence electrons. The number of likely N-dealkylation sites (tertiary alicyclic amines) is 1. The Balaban J connectivity index is 0.00000200. The summed E-state index contributed by atoms with van der Waals surface area (Å²) in [5, 5.41) is 2.73. The number of hydrogen-bond acceptors (Lipinski definition) is 2. The quantitative estimate of drug-likeness (QED) is 0.851. The highest BCUT2D eigenvalue weighted by Crippen LogP contribution is 2.11. The molecule has 0 aromatic heterocycles. The van der Waals surface area contributed by atoms with E-state index in [-0.39, 0.29) is 24.1 Å². The minimum Gasteiger partial charge on any atom is -1.00 e. The average Bonchev–Trinajstić information content (AvgIpc) is 2.65. The van der Waals surface area contributed by atoms with Gasteiger partial charge in [-0.1, -0.05) is 18.9 Å². The van der Waals surface area contributed by atoms with Crippen LogP contribution in [0.4, 0.5) is 10.1 Å². The molecule has 1 saturated heterocycles. The van der Waals surface area contributed by atoms with Crippen LogP contribution in [0.5, 0.6) is 0 Å². The van der Waals surface area contributed by atoms with Gasteiger partial charge in [0.2, 0.25) is 5.91 Å². The first-order valence-corrected chi connectivity index (χ1v) is 7.02. The zero-order valence-corrected chi connectivity index (χ0v) is 12.3. The molecule has 0 aliphatic carbocycles. The Hall–Kier alpha value is -1.13. The van der Waals surface area contributed by atoms with Crippen molar-refractivity contribution in [1.82, 2.24) is 4.90 Å². The lowest BCUT2D eigenvalue weighted by molar-refractivity contribution is -0.116. The zero-order valence-electron chi connectivity index (χ0n) is 11.6. The van der Waals surface area contributed by atoms with E-state index >= 15 is 0 Å². The van der Waals surface area contributed by atoms with Gasteiger partial charge in [0.1, 0.15) is 5.82 Å². The predicted octanol–water partition coefficient (Wildman–Crippen LogP) is 0.0343. The molecule has 1 fully saturated rings. The molecule has 1 aliphatic heterocycles. The standard InChI is InChI=1S/C15H21FN2O.ClH/c16-13-6-5-7-14(12-13)17-15(19)8-11-18-9-3-1-2-4-10-18;/h5-7,12H,1-4,8-11H2,(H,17,19);1H/p-1. The van der Waals surface area contributed by atoms with E-state index in [2.05, 4.69) is 10.2 Å². The number of benzene rings is 1. The summed E-state index contributed by atoms with van der Waals surface area (Å²) < 4.78 is 13.0. The van der Waals surface area contributed by atoms with Crippen LogP contribution in [0.15, 0.2) is 24.3 Å². The lowest BCUT2D eigenvalue weighted by Gasteiger charge is -2.19. The summed E-state index contributed by atoms with van der Waals surface area (Å²) in [5.74, 6) is -0.375. The maximum absolute atomic E-state index is 13.0. The molecule has 0 radical (unpaired) electrons. The van der Waals surface area contributed by atoms with Crippen LogP contribution < -0.4 is 17.7 Å². The number of rotatable bonds is 4. The first-order chi connectivity index (χ1) is 9.24. The molecule has 0 atom stereocenters. The van der Waals surface area contributed by atoms with E-state index in [9.17, 15) is 9.18 Å². The number of carbonyl (C=O) groups is 1. The first kappa shape index (κ1) is 16.9. The highest BCUT2D eigenvalue weighted by atomic mass is 35.5. The largest absolute Gasteiger partial charge is 1.00 e. The molecule has 5 heteroatoms. The van der Waals surface area contributed by atoms with Crippen molar-refractivity contribution in [2.75, 3.05) is 25.0 Å². The highest BCUT2D eigenvalue weighted by molar-refractivity contribution is 5.90. The molecular formula is C15H21ClFN2O-. The van der Waals surface area contributed by atoms with Crippen molar-refractivity contribution < 1.29 is 21.6 Å². The summed E-state index contributed by atoms with van der Waals surface area (Å²) in [4.78, 5) is 14.1. The van der Waals surface area contributed by atoms with Crippen LogP contribution in [0.1, 0.15) is 32.1 Å². The molecule has 1 aromatic carbocycles. The van der Waals surface area contributed by atoms with Gasteiger partial charge in [-0.25, -0.2) is 4.39 Å². The number of nitrogens with one attached hydrogen (secondary N) is 1. The number of hydrogen-bond donors (Lipinski definition) is 1. The fourth-order valence-electron chi connectivity index (χ4n) is 2.41. The third-order valence-corrected chi connectivity index (χ3v) is 3.46. The van der Waals surface area contributed by atoms with Gasteiger partial charge in [0.05, 0.1) is 0 Å². The molecule has 1 N–H and O–H groups in total. The summed E-state index contributed by atoms with van der Waals surface area (Å²) in [6.45, 7) is 2.97. The smallest absolute Gasteiger partial charge is 0.225 e. The third kappa shape index (κ3) is 5.88. The molecule has 0 spiro atoms. The third-order valence-electron chi connectivity index (χ3n) is 3.46. The summed E-state index contributed by atoms with van der Waals surface area (Å²) in [6.07, 6.45) is 5.52. The number of nitrogens with zero attached hydrogens (tertiary/aromatic N) is 1. The van der Waals surface area contributed by atoms with Gasteiger partial charge in [-0.15, -0.1) is 0 Å². The van der Waals surface area contributed by atoms with Crippen LogP contribution in [-0.2, 0) is 4.79 Å². The zero-order chi connectivity index (χ0) is 13.5. The van der Waals surface area contributed by atoms with Crippen molar-refractivity contribution in [3.8, 4) is 0 Å². The summed E-state index contributed by atoms with van der Waals surface area (Å²) >= 11 is 0. The van der Waals surface area contributed by atoms with E-state index in [0.29, 0.717) is 12.1 Å². The van der Waals surface area contributed by atoms with Crippen molar-refractivity contribution in [2.45, 2.75) is 32.1 Å². The molecule has 0 bridgehead atoms. The summed E-state index contributed by atoms with van der Waals surface area (Å²) in [7, 11) is 0. The number of anilines is 1. The van der Waals surface area contributed by atoms with Gasteiger partial charge >= 0.3 is 0 Å². The van der Waals surface area contributed by atoms with Crippen LogP contribution in [0, 0.1) is 5.82 Å². The fourth-order valence-corrected chi connectivity index (χ4v) is 2.41. The van der Waals surface area contributed by atoms with Gasteiger partial charge < -0.3 is 22.6 Å². The second kappa shape index (κ2) is 8.93. The van der Waals surface area contributed by atoms with Crippen molar-refractivity contribution in [1.29, 1.82) is 0 Å². The van der Waals surface area contributed by atoms with Gasteiger partial charge in [-0.3, -0.25) is 4.79 Å². The minimum atomic E-state index is -0.328. The number of carbonyl (C=O) groups excluding carboxylic acids is 1. The maximum Gasteiger partial charge on any atom is 0.225 e. The van der Waals surface area contributed by atoms with Crippen molar-refractivity contribution in [3.05, 3.63) is 30.1 Å². The van der Waals surface area contributed by atoms with Crippen LogP contribution in [0.25, 0.3) is 0 Å². The number of amides is 1. The van der Waals surface area contributed by atoms with Crippen LogP contribution >= 0.6 is 0 Å². The summed E-state index contributed by atoms with van der Waals surface area (Å²) in [5.41, 5.74) is 0.529. The molecule has 20 heavy (non-hydrogen) atoms. The Morgan fingerprint density at radius 2 is 1.90 bits per heavy atom. The second-order valence-corrected chi connectivity index (χ2v) is 5.06. The Kier molecular flexibility index (Phi) is 7.55. The van der Waals surface area contributed by atoms with E-state index in [1.165, 1.54) is 37.8 Å². The monoisotopic (exact) mass is 299 g/mol.